The van der Waals surface area contributed by atoms with Gasteiger partial charge >= 0.3 is 6.03 Å². The van der Waals surface area contributed by atoms with E-state index in [1.165, 1.54) is 10.9 Å². The number of rotatable bonds is 1. The van der Waals surface area contributed by atoms with Crippen LogP contribution >= 0.6 is 0 Å². The summed E-state index contributed by atoms with van der Waals surface area (Å²) in [5, 5.41) is 7.58. The molecule has 0 unspecified atom stereocenters. The van der Waals surface area contributed by atoms with Crippen LogP contribution in [0.15, 0.2) is 36.4 Å². The van der Waals surface area contributed by atoms with Crippen molar-refractivity contribution in [1.82, 2.24) is 5.32 Å². The maximum atomic E-state index is 11.1. The van der Waals surface area contributed by atoms with Gasteiger partial charge in [-0.2, -0.15) is 0 Å². The van der Waals surface area contributed by atoms with Gasteiger partial charge in [-0.25, -0.2) is 4.79 Å². The van der Waals surface area contributed by atoms with Crippen molar-refractivity contribution in [2.75, 3.05) is 12.4 Å². The minimum atomic E-state index is -0.202. The fourth-order valence-corrected chi connectivity index (χ4v) is 1.64. The molecule has 2 aromatic rings. The Labute approximate surface area is 94.5 Å². The third-order valence-electron chi connectivity index (χ3n) is 2.48. The van der Waals surface area contributed by atoms with Crippen molar-refractivity contribution in [1.29, 1.82) is 0 Å². The van der Waals surface area contributed by atoms with Crippen LogP contribution in [0, 0.1) is 6.92 Å². The van der Waals surface area contributed by atoms with E-state index >= 15 is 0 Å². The first-order valence-electron chi connectivity index (χ1n) is 5.18. The zero-order valence-electron chi connectivity index (χ0n) is 9.37. The summed E-state index contributed by atoms with van der Waals surface area (Å²) >= 11 is 0. The van der Waals surface area contributed by atoms with Gasteiger partial charge in [-0.1, -0.05) is 29.8 Å². The minimum Gasteiger partial charge on any atom is -0.341 e. The van der Waals surface area contributed by atoms with Gasteiger partial charge in [0.1, 0.15) is 0 Å². The highest BCUT2D eigenvalue weighted by atomic mass is 16.2. The Balaban J connectivity index is 2.37. The normalized spacial score (nSPS) is 10.1. The van der Waals surface area contributed by atoms with Gasteiger partial charge < -0.3 is 10.6 Å². The molecule has 0 aliphatic rings. The maximum absolute atomic E-state index is 11.1. The highest BCUT2D eigenvalue weighted by molar-refractivity contribution is 5.93. The van der Waals surface area contributed by atoms with Crippen LogP contribution in [0.25, 0.3) is 10.8 Å². The number of hydrogen-bond acceptors (Lipinski definition) is 1. The highest BCUT2D eigenvalue weighted by Crippen LogP contribution is 2.20. The van der Waals surface area contributed by atoms with Crippen molar-refractivity contribution in [3.05, 3.63) is 42.0 Å². The highest BCUT2D eigenvalue weighted by Gasteiger charge is 2.00. The van der Waals surface area contributed by atoms with E-state index < -0.39 is 0 Å². The number of benzene rings is 2. The molecule has 3 nitrogen and oxygen atoms in total. The molecule has 2 N–H and O–H groups in total. The molecule has 82 valence electrons. The van der Waals surface area contributed by atoms with E-state index in [0.717, 1.165) is 11.1 Å². The smallest absolute Gasteiger partial charge is 0.318 e. The fraction of sp³-hybridized carbons (Fsp3) is 0.154. The molecule has 0 saturated heterocycles. The van der Waals surface area contributed by atoms with Crippen LogP contribution in [-0.2, 0) is 0 Å². The average Bonchev–Trinajstić information content (AvgIpc) is 2.29. The van der Waals surface area contributed by atoms with E-state index in [1.807, 2.05) is 18.2 Å². The molecule has 0 radical (unpaired) electrons. The molecule has 0 spiro atoms. The number of urea groups is 1. The monoisotopic (exact) mass is 214 g/mol. The Morgan fingerprint density at radius 3 is 2.50 bits per heavy atom. The molecule has 0 aromatic heterocycles. The fourth-order valence-electron chi connectivity index (χ4n) is 1.64. The summed E-state index contributed by atoms with van der Waals surface area (Å²) in [7, 11) is 1.60. The predicted octanol–water partition coefficient (Wildman–Crippen LogP) is 2.90. The predicted molar refractivity (Wildman–Crippen MR) is 66.8 cm³/mol. The summed E-state index contributed by atoms with van der Waals surface area (Å²) in [4.78, 5) is 11.1. The Morgan fingerprint density at radius 1 is 1.06 bits per heavy atom. The van der Waals surface area contributed by atoms with Gasteiger partial charge in [-0.05, 0) is 29.8 Å². The van der Waals surface area contributed by atoms with Crippen LogP contribution in [-0.4, -0.2) is 13.1 Å². The number of aryl methyl sites for hydroxylation is 1. The number of nitrogens with one attached hydrogen (secondary N) is 2. The van der Waals surface area contributed by atoms with Crippen molar-refractivity contribution in [3.8, 4) is 0 Å². The van der Waals surface area contributed by atoms with Crippen molar-refractivity contribution in [2.24, 2.45) is 0 Å². The Kier molecular flexibility index (Phi) is 2.77. The topological polar surface area (TPSA) is 41.1 Å². The van der Waals surface area contributed by atoms with Gasteiger partial charge in [0, 0.05) is 12.7 Å². The number of amides is 2. The third kappa shape index (κ3) is 2.14. The summed E-state index contributed by atoms with van der Waals surface area (Å²) in [6.45, 7) is 2.07. The third-order valence-corrected chi connectivity index (χ3v) is 2.48. The average molecular weight is 214 g/mol. The van der Waals surface area contributed by atoms with Gasteiger partial charge in [-0.3, -0.25) is 0 Å². The molecule has 0 fully saturated rings. The van der Waals surface area contributed by atoms with Crippen LogP contribution in [0.3, 0.4) is 0 Å². The van der Waals surface area contributed by atoms with Gasteiger partial charge in [0.05, 0.1) is 0 Å². The molecular formula is C13H14N2O. The second-order valence-corrected chi connectivity index (χ2v) is 3.77. The van der Waals surface area contributed by atoms with E-state index in [9.17, 15) is 4.79 Å². The molecule has 16 heavy (non-hydrogen) atoms. The number of carbonyl (C=O) groups excluding carboxylic acids is 1. The van der Waals surface area contributed by atoms with Gasteiger partial charge in [-0.15, -0.1) is 0 Å². The molecule has 0 atom stereocenters. The Bertz CT molecular complexity index is 534. The van der Waals surface area contributed by atoms with Gasteiger partial charge in [0.25, 0.3) is 0 Å². The summed E-state index contributed by atoms with van der Waals surface area (Å²) in [6, 6.07) is 11.9. The van der Waals surface area contributed by atoms with Crippen molar-refractivity contribution in [2.45, 2.75) is 6.92 Å². The van der Waals surface area contributed by atoms with Gasteiger partial charge in [0.15, 0.2) is 0 Å². The lowest BCUT2D eigenvalue weighted by molar-refractivity contribution is 0.254. The number of carbonyl (C=O) groups is 1. The molecular weight excluding hydrogens is 200 g/mol. The molecule has 2 aromatic carbocycles. The second-order valence-electron chi connectivity index (χ2n) is 3.77. The lowest BCUT2D eigenvalue weighted by atomic mass is 10.1. The molecule has 0 heterocycles. The lowest BCUT2D eigenvalue weighted by Gasteiger charge is -2.06. The van der Waals surface area contributed by atoms with E-state index in [1.54, 1.807) is 7.05 Å². The van der Waals surface area contributed by atoms with Crippen LogP contribution in [0.5, 0.6) is 0 Å². The second kappa shape index (κ2) is 4.23. The first-order chi connectivity index (χ1) is 7.69. The van der Waals surface area contributed by atoms with E-state index in [-0.39, 0.29) is 6.03 Å². The Hall–Kier alpha value is -2.03. The molecule has 2 rings (SSSR count). The molecule has 2 amide bonds. The van der Waals surface area contributed by atoms with Crippen molar-refractivity contribution in [3.63, 3.8) is 0 Å². The van der Waals surface area contributed by atoms with E-state index in [0.29, 0.717) is 0 Å². The lowest BCUT2D eigenvalue weighted by Crippen LogP contribution is -2.24. The minimum absolute atomic E-state index is 0.202. The summed E-state index contributed by atoms with van der Waals surface area (Å²) in [5.74, 6) is 0. The largest absolute Gasteiger partial charge is 0.341 e. The standard InChI is InChI=1S/C13H14N2O/c1-9-3-4-11-8-12(15-13(16)14-2)6-5-10(11)7-9/h3-8H,1-2H3,(H2,14,15,16). The van der Waals surface area contributed by atoms with E-state index in [2.05, 4.69) is 35.8 Å². The Morgan fingerprint density at radius 2 is 1.75 bits per heavy atom. The number of fused-ring (bicyclic) bond motifs is 1. The molecule has 3 heteroatoms. The molecule has 0 aliphatic heterocycles. The first-order valence-corrected chi connectivity index (χ1v) is 5.18. The quantitative estimate of drug-likeness (QED) is 0.753. The summed E-state index contributed by atoms with van der Waals surface area (Å²) in [5.41, 5.74) is 2.04. The SMILES string of the molecule is CNC(=O)Nc1ccc2cc(C)ccc2c1. The number of hydrogen-bond donors (Lipinski definition) is 2. The van der Waals surface area contributed by atoms with Crippen LogP contribution < -0.4 is 10.6 Å². The van der Waals surface area contributed by atoms with Crippen molar-refractivity contribution >= 4 is 22.5 Å². The molecule has 0 saturated carbocycles. The van der Waals surface area contributed by atoms with Crippen molar-refractivity contribution < 1.29 is 4.79 Å². The zero-order valence-corrected chi connectivity index (χ0v) is 9.37. The summed E-state index contributed by atoms with van der Waals surface area (Å²) < 4.78 is 0. The number of anilines is 1. The summed E-state index contributed by atoms with van der Waals surface area (Å²) in [6.07, 6.45) is 0. The first kappa shape index (κ1) is 10.5. The van der Waals surface area contributed by atoms with Crippen LogP contribution in [0.4, 0.5) is 10.5 Å². The van der Waals surface area contributed by atoms with Gasteiger partial charge in [0.2, 0.25) is 0 Å². The van der Waals surface area contributed by atoms with Crippen LogP contribution in [0.2, 0.25) is 0 Å². The molecule has 0 aliphatic carbocycles. The zero-order chi connectivity index (χ0) is 11.5. The van der Waals surface area contributed by atoms with Crippen LogP contribution in [0.1, 0.15) is 5.56 Å². The molecule has 0 bridgehead atoms. The van der Waals surface area contributed by atoms with E-state index in [4.69, 9.17) is 0 Å². The maximum Gasteiger partial charge on any atom is 0.318 e.